The molecule has 2 atom stereocenters. The SMILES string of the molecule is CC/C(N)=N/C(=O)N1CCC([C@H](C)CCOS(C)=O)CC1.O. The van der Waals surface area contributed by atoms with E-state index >= 15 is 0 Å². The third-order valence-corrected chi connectivity index (χ3v) is 4.54. The number of carbonyl (C=O) groups excluding carboxylic acids is 1. The zero-order valence-electron chi connectivity index (χ0n) is 13.7. The molecule has 0 bridgehead atoms. The van der Waals surface area contributed by atoms with Gasteiger partial charge in [0.15, 0.2) is 11.1 Å². The van der Waals surface area contributed by atoms with Crippen LogP contribution < -0.4 is 5.73 Å². The lowest BCUT2D eigenvalue weighted by Crippen LogP contribution is -2.39. The third-order valence-electron chi connectivity index (χ3n) is 4.04. The molecular weight excluding hydrogens is 306 g/mol. The van der Waals surface area contributed by atoms with E-state index < -0.39 is 11.1 Å². The highest BCUT2D eigenvalue weighted by Gasteiger charge is 2.26. The summed E-state index contributed by atoms with van der Waals surface area (Å²) in [4.78, 5) is 17.5. The molecule has 0 saturated carbocycles. The van der Waals surface area contributed by atoms with Crippen molar-refractivity contribution in [3.8, 4) is 0 Å². The van der Waals surface area contributed by atoms with Crippen molar-refractivity contribution in [3.63, 3.8) is 0 Å². The first-order chi connectivity index (χ1) is 9.93. The summed E-state index contributed by atoms with van der Waals surface area (Å²) in [5.74, 6) is 1.48. The zero-order chi connectivity index (χ0) is 15.8. The van der Waals surface area contributed by atoms with Crippen molar-refractivity contribution in [2.24, 2.45) is 22.6 Å². The molecule has 0 aromatic heterocycles. The quantitative estimate of drug-likeness (QED) is 0.577. The van der Waals surface area contributed by atoms with Crippen molar-refractivity contribution in [2.75, 3.05) is 26.0 Å². The molecule has 1 aliphatic heterocycles. The Morgan fingerprint density at radius 1 is 1.45 bits per heavy atom. The fraction of sp³-hybridized carbons (Fsp3) is 0.857. The molecule has 4 N–H and O–H groups in total. The second kappa shape index (κ2) is 10.7. The van der Waals surface area contributed by atoms with Gasteiger partial charge in [0.25, 0.3) is 0 Å². The lowest BCUT2D eigenvalue weighted by atomic mass is 9.84. The summed E-state index contributed by atoms with van der Waals surface area (Å²) in [6.07, 6.45) is 4.99. The Bertz CT molecular complexity index is 396. The number of hydrogen-bond acceptors (Lipinski definition) is 3. The van der Waals surface area contributed by atoms with Crippen molar-refractivity contribution in [2.45, 2.75) is 39.5 Å². The number of aliphatic imine (C=N–C) groups is 1. The van der Waals surface area contributed by atoms with Crippen LogP contribution in [0.25, 0.3) is 0 Å². The number of hydrogen-bond donors (Lipinski definition) is 1. The maximum Gasteiger partial charge on any atom is 0.345 e. The molecule has 8 heteroatoms. The van der Waals surface area contributed by atoms with Crippen molar-refractivity contribution in [3.05, 3.63) is 0 Å². The Labute approximate surface area is 135 Å². The van der Waals surface area contributed by atoms with Crippen LogP contribution in [0, 0.1) is 11.8 Å². The minimum atomic E-state index is -1.19. The number of likely N-dealkylation sites (tertiary alicyclic amines) is 1. The second-order valence-electron chi connectivity index (χ2n) is 5.55. The fourth-order valence-electron chi connectivity index (χ4n) is 2.52. The monoisotopic (exact) mass is 335 g/mol. The molecule has 1 unspecified atom stereocenters. The molecule has 7 nitrogen and oxygen atoms in total. The lowest BCUT2D eigenvalue weighted by molar-refractivity contribution is 0.151. The van der Waals surface area contributed by atoms with E-state index in [1.54, 1.807) is 4.90 Å². The van der Waals surface area contributed by atoms with E-state index in [4.69, 9.17) is 9.92 Å². The Balaban J connectivity index is 0.00000441. The van der Waals surface area contributed by atoms with Gasteiger partial charge >= 0.3 is 6.03 Å². The van der Waals surface area contributed by atoms with Crippen molar-refractivity contribution < 1.29 is 18.7 Å². The summed E-state index contributed by atoms with van der Waals surface area (Å²) in [5, 5.41) is 0. The van der Waals surface area contributed by atoms with Gasteiger partial charge in [-0.25, -0.2) is 9.00 Å². The number of amidine groups is 1. The Kier molecular flexibility index (Phi) is 10.2. The van der Waals surface area contributed by atoms with Gasteiger partial charge < -0.3 is 16.1 Å². The first-order valence-corrected chi connectivity index (χ1v) is 9.01. The van der Waals surface area contributed by atoms with Crippen LogP contribution in [0.15, 0.2) is 4.99 Å². The molecule has 0 radical (unpaired) electrons. The van der Waals surface area contributed by atoms with E-state index in [-0.39, 0.29) is 11.5 Å². The summed E-state index contributed by atoms with van der Waals surface area (Å²) in [6, 6.07) is -0.217. The summed E-state index contributed by atoms with van der Waals surface area (Å²) in [6.45, 7) is 6.06. The standard InChI is InChI=1S/C14H27N3O3S.H2O/c1-4-13(15)16-14(18)17-8-5-12(6-9-17)11(2)7-10-20-21(3)19;/h11-12H,4-10H2,1-3H3,(H2,15,16,18);1H2/t11-,21?;/m1./s1. The van der Waals surface area contributed by atoms with Crippen molar-refractivity contribution in [1.82, 2.24) is 4.90 Å². The molecule has 22 heavy (non-hydrogen) atoms. The number of carbonyl (C=O) groups is 1. The van der Waals surface area contributed by atoms with Gasteiger partial charge in [-0.05, 0) is 31.1 Å². The molecular formula is C14H29N3O4S. The molecule has 1 heterocycles. The van der Waals surface area contributed by atoms with Gasteiger partial charge in [-0.2, -0.15) is 4.99 Å². The second-order valence-corrected chi connectivity index (χ2v) is 6.59. The van der Waals surface area contributed by atoms with E-state index in [1.165, 1.54) is 6.26 Å². The highest BCUT2D eigenvalue weighted by molar-refractivity contribution is 7.79. The van der Waals surface area contributed by atoms with E-state index in [1.807, 2.05) is 6.92 Å². The fourth-order valence-corrected chi connectivity index (χ4v) is 2.85. The predicted octanol–water partition coefficient (Wildman–Crippen LogP) is 1.10. The molecule has 0 aromatic rings. The van der Waals surface area contributed by atoms with Crippen LogP contribution in [0.3, 0.4) is 0 Å². The smallest absolute Gasteiger partial charge is 0.345 e. The first-order valence-electron chi connectivity index (χ1n) is 7.52. The van der Waals surface area contributed by atoms with Gasteiger partial charge in [-0.15, -0.1) is 0 Å². The average Bonchev–Trinajstić information content (AvgIpc) is 2.46. The van der Waals surface area contributed by atoms with Crippen LogP contribution >= 0.6 is 0 Å². The summed E-state index contributed by atoms with van der Waals surface area (Å²) >= 11 is -1.19. The molecule has 1 rings (SSSR count). The highest BCUT2D eigenvalue weighted by Crippen LogP contribution is 2.27. The van der Waals surface area contributed by atoms with Crippen LogP contribution in [0.5, 0.6) is 0 Å². The minimum absolute atomic E-state index is 0. The Morgan fingerprint density at radius 3 is 2.55 bits per heavy atom. The number of nitrogens with two attached hydrogens (primary N) is 1. The average molecular weight is 335 g/mol. The highest BCUT2D eigenvalue weighted by atomic mass is 32.2. The molecule has 0 aromatic carbocycles. The minimum Gasteiger partial charge on any atom is -0.412 e. The van der Waals surface area contributed by atoms with Gasteiger partial charge in [0, 0.05) is 25.8 Å². The number of nitrogens with zero attached hydrogens (tertiary/aromatic N) is 2. The summed E-state index contributed by atoms with van der Waals surface area (Å²) in [7, 11) is 0. The molecule has 1 fully saturated rings. The summed E-state index contributed by atoms with van der Waals surface area (Å²) in [5.41, 5.74) is 5.60. The number of urea groups is 1. The van der Waals surface area contributed by atoms with Crippen LogP contribution in [0.2, 0.25) is 0 Å². The number of rotatable bonds is 6. The third kappa shape index (κ3) is 7.33. The van der Waals surface area contributed by atoms with Gasteiger partial charge in [-0.1, -0.05) is 13.8 Å². The van der Waals surface area contributed by atoms with E-state index in [0.717, 1.165) is 32.4 Å². The van der Waals surface area contributed by atoms with Gasteiger partial charge in [-0.3, -0.25) is 4.18 Å². The van der Waals surface area contributed by atoms with Crippen LogP contribution in [0.1, 0.15) is 39.5 Å². The van der Waals surface area contributed by atoms with Crippen molar-refractivity contribution in [1.29, 1.82) is 0 Å². The molecule has 0 aliphatic carbocycles. The molecule has 1 saturated heterocycles. The van der Waals surface area contributed by atoms with E-state index in [9.17, 15) is 9.00 Å². The Hall–Kier alpha value is -0.990. The number of piperidine rings is 1. The maximum atomic E-state index is 11.9. The molecule has 2 amide bonds. The molecule has 0 spiro atoms. The van der Waals surface area contributed by atoms with E-state index in [2.05, 4.69) is 11.9 Å². The predicted molar refractivity (Wildman–Crippen MR) is 89.0 cm³/mol. The topological polar surface area (TPSA) is 116 Å². The van der Waals surface area contributed by atoms with Crippen LogP contribution in [-0.2, 0) is 15.3 Å². The molecule has 130 valence electrons. The lowest BCUT2D eigenvalue weighted by Gasteiger charge is -2.34. The number of amides is 2. The Morgan fingerprint density at radius 2 is 2.05 bits per heavy atom. The van der Waals surface area contributed by atoms with Gasteiger partial charge in [0.1, 0.15) is 5.84 Å². The van der Waals surface area contributed by atoms with Crippen LogP contribution in [0.4, 0.5) is 4.79 Å². The maximum absolute atomic E-state index is 11.9. The van der Waals surface area contributed by atoms with Crippen molar-refractivity contribution >= 4 is 22.9 Å². The van der Waals surface area contributed by atoms with E-state index in [0.29, 0.717) is 30.7 Å². The zero-order valence-corrected chi connectivity index (χ0v) is 14.5. The first kappa shape index (κ1) is 21.0. The molecule has 1 aliphatic rings. The largest absolute Gasteiger partial charge is 0.412 e. The van der Waals surface area contributed by atoms with Crippen LogP contribution in [-0.4, -0.2) is 52.4 Å². The summed E-state index contributed by atoms with van der Waals surface area (Å²) < 4.78 is 15.9. The van der Waals surface area contributed by atoms with Gasteiger partial charge in [0.05, 0.1) is 6.61 Å². The normalized spacial score (nSPS) is 19.4. The van der Waals surface area contributed by atoms with Gasteiger partial charge in [0.2, 0.25) is 0 Å².